The third kappa shape index (κ3) is 19.8. The molecule has 3 atom stereocenters. The predicted octanol–water partition coefficient (Wildman–Crippen LogP) is 6.45. The molecule has 39 heavy (non-hydrogen) atoms. The zero-order chi connectivity index (χ0) is 29.5. The highest BCUT2D eigenvalue weighted by Crippen LogP contribution is 2.22. The number of carboxylic acids is 3. The van der Waals surface area contributed by atoms with Gasteiger partial charge in [-0.05, 0) is 46.0 Å². The summed E-state index contributed by atoms with van der Waals surface area (Å²) in [5.41, 5.74) is 0. The third-order valence-electron chi connectivity index (χ3n) is 7.87. The smallest absolute Gasteiger partial charge is 0.311 e. The number of carboxylic acid groups (broad SMARTS) is 3. The molecule has 0 spiro atoms. The minimum atomic E-state index is -1.18. The summed E-state index contributed by atoms with van der Waals surface area (Å²) in [6.45, 7) is 8.23. The monoisotopic (exact) mass is 553 g/mol. The zero-order valence-corrected chi connectivity index (χ0v) is 25.5. The molecule has 0 aromatic rings. The maximum atomic E-state index is 11.6. The molecule has 0 aliphatic rings. The Bertz CT molecular complexity index is 637. The lowest BCUT2D eigenvalue weighted by atomic mass is 10.00. The maximum absolute atomic E-state index is 11.6. The van der Waals surface area contributed by atoms with Gasteiger partial charge in [-0.3, -0.25) is 9.59 Å². The number of allylic oxidation sites excluding steroid dienone is 2. The van der Waals surface area contributed by atoms with E-state index in [9.17, 15) is 29.7 Å². The van der Waals surface area contributed by atoms with Gasteiger partial charge in [0.2, 0.25) is 0 Å². The van der Waals surface area contributed by atoms with Gasteiger partial charge < -0.3 is 24.6 Å². The van der Waals surface area contributed by atoms with Crippen LogP contribution in [0.3, 0.4) is 0 Å². The Morgan fingerprint density at radius 1 is 0.615 bits per heavy atom. The molecule has 0 amide bonds. The van der Waals surface area contributed by atoms with Crippen molar-refractivity contribution in [1.82, 2.24) is 0 Å². The summed E-state index contributed by atoms with van der Waals surface area (Å²) in [4.78, 5) is 34.7. The molecule has 0 fully saturated rings. The van der Waals surface area contributed by atoms with Crippen molar-refractivity contribution >= 4 is 17.9 Å². The molecule has 0 rings (SSSR count). The molecule has 7 heteroatoms. The average molecular weight is 554 g/mol. The second-order valence-corrected chi connectivity index (χ2v) is 12.0. The van der Waals surface area contributed by atoms with Gasteiger partial charge >= 0.3 is 11.9 Å². The number of aliphatic carboxylic acids is 3. The van der Waals surface area contributed by atoms with Crippen molar-refractivity contribution in [3.63, 3.8) is 0 Å². The molecular weight excluding hydrogens is 494 g/mol. The summed E-state index contributed by atoms with van der Waals surface area (Å²) < 4.78 is 0.186. The van der Waals surface area contributed by atoms with Gasteiger partial charge in [0, 0.05) is 11.9 Å². The summed E-state index contributed by atoms with van der Waals surface area (Å²) in [5, 5.41) is 30.5. The van der Waals surface area contributed by atoms with Crippen LogP contribution in [0.25, 0.3) is 0 Å². The molecule has 0 bridgehead atoms. The number of hydrogen-bond donors (Lipinski definition) is 2. The fourth-order valence-electron chi connectivity index (χ4n) is 5.51. The molecule has 228 valence electrons. The lowest BCUT2D eigenvalue weighted by Crippen LogP contribution is -2.58. The third-order valence-corrected chi connectivity index (χ3v) is 7.87. The lowest BCUT2D eigenvalue weighted by molar-refractivity contribution is -0.934. The topological polar surface area (TPSA) is 115 Å². The first kappa shape index (κ1) is 37.1. The van der Waals surface area contributed by atoms with E-state index in [1.54, 1.807) is 20.8 Å². The van der Waals surface area contributed by atoms with Crippen molar-refractivity contribution in [3.8, 4) is 0 Å². The van der Waals surface area contributed by atoms with E-state index < -0.39 is 35.7 Å². The van der Waals surface area contributed by atoms with Crippen LogP contribution < -0.4 is 5.11 Å². The molecule has 0 aliphatic carbocycles. The van der Waals surface area contributed by atoms with Gasteiger partial charge in [-0.25, -0.2) is 0 Å². The quantitative estimate of drug-likeness (QED) is 0.0686. The number of rotatable bonds is 27. The van der Waals surface area contributed by atoms with Gasteiger partial charge in [0.1, 0.15) is 11.8 Å². The standard InChI is InChI=1S/C32H59NO6/c1-5-6-7-8-9-10-11-12-13-14-15-16-17-18-19-20-21-22-23-33(24-27(2)30(34)35,25-28(3)31(36)37)26-29(4)32(38)39/h8-9,27-29H,5-7,10-26H2,1-4H3,(H2-,34,35,36,37,38,39)/b9-8+. The molecule has 0 radical (unpaired) electrons. The Morgan fingerprint density at radius 2 is 0.974 bits per heavy atom. The molecule has 0 saturated carbocycles. The highest BCUT2D eigenvalue weighted by atomic mass is 16.4. The number of hydrogen-bond acceptors (Lipinski definition) is 4. The molecule has 0 aromatic carbocycles. The minimum absolute atomic E-state index is 0.186. The summed E-state index contributed by atoms with van der Waals surface area (Å²) in [5.74, 6) is -5.23. The largest absolute Gasteiger partial charge is 0.550 e. The first-order valence-electron chi connectivity index (χ1n) is 15.7. The van der Waals surface area contributed by atoms with E-state index in [0.29, 0.717) is 6.54 Å². The van der Waals surface area contributed by atoms with E-state index in [0.717, 1.165) is 25.7 Å². The van der Waals surface area contributed by atoms with Crippen LogP contribution >= 0.6 is 0 Å². The fourth-order valence-corrected chi connectivity index (χ4v) is 5.51. The van der Waals surface area contributed by atoms with Crippen LogP contribution in [0.5, 0.6) is 0 Å². The van der Waals surface area contributed by atoms with Gasteiger partial charge in [0.15, 0.2) is 0 Å². The van der Waals surface area contributed by atoms with Gasteiger partial charge in [0.05, 0.1) is 26.2 Å². The van der Waals surface area contributed by atoms with E-state index in [4.69, 9.17) is 0 Å². The Balaban J connectivity index is 4.35. The summed E-state index contributed by atoms with van der Waals surface area (Å²) in [6, 6.07) is 0. The Morgan fingerprint density at radius 3 is 1.36 bits per heavy atom. The van der Waals surface area contributed by atoms with Crippen LogP contribution in [0, 0.1) is 17.8 Å². The molecule has 7 nitrogen and oxygen atoms in total. The van der Waals surface area contributed by atoms with Crippen LogP contribution in [-0.2, 0) is 14.4 Å². The van der Waals surface area contributed by atoms with Crippen LogP contribution in [0.2, 0.25) is 0 Å². The van der Waals surface area contributed by atoms with E-state index in [1.807, 2.05) is 0 Å². The zero-order valence-electron chi connectivity index (χ0n) is 25.5. The number of carbonyl (C=O) groups is 3. The molecular formula is C32H59NO6. The minimum Gasteiger partial charge on any atom is -0.550 e. The molecule has 0 heterocycles. The van der Waals surface area contributed by atoms with Gasteiger partial charge in [-0.15, -0.1) is 0 Å². The van der Waals surface area contributed by atoms with E-state index in [1.165, 1.54) is 77.0 Å². The second-order valence-electron chi connectivity index (χ2n) is 12.0. The van der Waals surface area contributed by atoms with Crippen molar-refractivity contribution in [3.05, 3.63) is 12.2 Å². The number of unbranched alkanes of at least 4 members (excludes halogenated alkanes) is 14. The number of quaternary nitrogens is 1. The van der Waals surface area contributed by atoms with E-state index >= 15 is 0 Å². The van der Waals surface area contributed by atoms with Crippen LogP contribution in [-0.4, -0.2) is 58.8 Å². The normalized spacial score (nSPS) is 15.6. The number of nitrogens with zero attached hydrogens (tertiary/aromatic N) is 1. The Labute approximate surface area is 238 Å². The summed E-state index contributed by atoms with van der Waals surface area (Å²) in [6.07, 6.45) is 24.1. The van der Waals surface area contributed by atoms with Crippen molar-refractivity contribution < 1.29 is 34.2 Å². The summed E-state index contributed by atoms with van der Waals surface area (Å²) >= 11 is 0. The van der Waals surface area contributed by atoms with Crippen molar-refractivity contribution in [2.24, 2.45) is 17.8 Å². The van der Waals surface area contributed by atoms with Gasteiger partial charge in [0.25, 0.3) is 0 Å². The van der Waals surface area contributed by atoms with Crippen LogP contribution in [0.4, 0.5) is 0 Å². The van der Waals surface area contributed by atoms with E-state index in [-0.39, 0.29) is 24.1 Å². The van der Waals surface area contributed by atoms with Crippen molar-refractivity contribution in [2.75, 3.05) is 26.2 Å². The molecule has 3 unspecified atom stereocenters. The molecule has 0 saturated heterocycles. The Kier molecular flexibility index (Phi) is 21.8. The Hall–Kier alpha value is -1.89. The second kappa shape index (κ2) is 22.9. The molecule has 0 aromatic heterocycles. The van der Waals surface area contributed by atoms with Crippen LogP contribution in [0.15, 0.2) is 12.2 Å². The van der Waals surface area contributed by atoms with Crippen molar-refractivity contribution in [1.29, 1.82) is 0 Å². The first-order valence-corrected chi connectivity index (χ1v) is 15.7. The highest BCUT2D eigenvalue weighted by Gasteiger charge is 2.36. The van der Waals surface area contributed by atoms with E-state index in [2.05, 4.69) is 19.1 Å². The molecule has 2 N–H and O–H groups in total. The SMILES string of the molecule is CCCC/C=C/CCCCCCCCCCCCCC[N+](CC(C)C(=O)[O-])(CC(C)C(=O)O)CC(C)C(=O)O. The van der Waals surface area contributed by atoms with Crippen molar-refractivity contribution in [2.45, 2.75) is 130 Å². The lowest BCUT2D eigenvalue weighted by Gasteiger charge is -2.43. The fraction of sp³-hybridized carbons (Fsp3) is 0.844. The number of carbonyl (C=O) groups excluding carboxylic acids is 1. The average Bonchev–Trinajstić information content (AvgIpc) is 2.87. The predicted molar refractivity (Wildman–Crippen MR) is 156 cm³/mol. The highest BCUT2D eigenvalue weighted by molar-refractivity contribution is 5.70. The van der Waals surface area contributed by atoms with Gasteiger partial charge in [-0.1, -0.05) is 96.6 Å². The molecule has 0 aliphatic heterocycles. The van der Waals surface area contributed by atoms with Crippen LogP contribution in [0.1, 0.15) is 130 Å². The first-order chi connectivity index (χ1) is 18.5. The summed E-state index contributed by atoms with van der Waals surface area (Å²) in [7, 11) is 0. The van der Waals surface area contributed by atoms with Gasteiger partial charge in [-0.2, -0.15) is 0 Å². The maximum Gasteiger partial charge on any atom is 0.311 e.